The Morgan fingerprint density at radius 3 is 2.53 bits per heavy atom. The topological polar surface area (TPSA) is 97.4 Å². The van der Waals surface area contributed by atoms with Crippen molar-refractivity contribution in [3.63, 3.8) is 0 Å². The van der Waals surface area contributed by atoms with Gasteiger partial charge in [0.25, 0.3) is 0 Å². The number of methoxy groups -OCH3 is 1. The Morgan fingerprint density at radius 2 is 1.83 bits per heavy atom. The summed E-state index contributed by atoms with van der Waals surface area (Å²) in [5.74, 6) is 2.37. The fraction of sp³-hybridized carbons (Fsp3) is 0.381. The van der Waals surface area contributed by atoms with Crippen LogP contribution in [0.1, 0.15) is 6.42 Å². The van der Waals surface area contributed by atoms with E-state index in [2.05, 4.69) is 46.8 Å². The minimum atomic E-state index is 0.609. The van der Waals surface area contributed by atoms with E-state index in [1.54, 1.807) is 19.6 Å². The van der Waals surface area contributed by atoms with Crippen LogP contribution in [-0.4, -0.2) is 59.4 Å². The first kappa shape index (κ1) is 19.8. The molecule has 0 spiro atoms. The highest BCUT2D eigenvalue weighted by Gasteiger charge is 2.21. The van der Waals surface area contributed by atoms with Gasteiger partial charge in [-0.1, -0.05) is 0 Å². The Bertz CT molecular complexity index is 921. The lowest BCUT2D eigenvalue weighted by molar-refractivity contribution is 0.415. The number of hydrogen-bond acceptors (Lipinski definition) is 8. The highest BCUT2D eigenvalue weighted by atomic mass is 16.5. The molecule has 158 valence electrons. The molecule has 30 heavy (non-hydrogen) atoms. The monoisotopic (exact) mass is 408 g/mol. The summed E-state index contributed by atoms with van der Waals surface area (Å²) in [4.78, 5) is 17.4. The highest BCUT2D eigenvalue weighted by molar-refractivity contribution is 5.75. The minimum absolute atomic E-state index is 0.609. The van der Waals surface area contributed by atoms with Crippen molar-refractivity contribution in [3.05, 3.63) is 49.3 Å². The number of benzene rings is 1. The summed E-state index contributed by atoms with van der Waals surface area (Å²) in [6, 6.07) is 8.18. The zero-order chi connectivity index (χ0) is 20.8. The van der Waals surface area contributed by atoms with Crippen LogP contribution in [0.2, 0.25) is 0 Å². The third kappa shape index (κ3) is 4.56. The Labute approximate surface area is 176 Å². The summed E-state index contributed by atoms with van der Waals surface area (Å²) in [6.45, 7) is 5.20. The summed E-state index contributed by atoms with van der Waals surface area (Å²) in [5.41, 5.74) is 8.21. The van der Waals surface area contributed by atoms with Crippen molar-refractivity contribution >= 4 is 23.0 Å². The van der Waals surface area contributed by atoms with Crippen LogP contribution in [0.15, 0.2) is 49.3 Å². The number of aryl methyl sites for hydroxylation is 1. The molecule has 3 heterocycles. The van der Waals surface area contributed by atoms with Gasteiger partial charge in [-0.3, -0.25) is 0 Å². The Balaban J connectivity index is 1.32. The molecule has 1 saturated heterocycles. The van der Waals surface area contributed by atoms with Gasteiger partial charge in [0, 0.05) is 57.3 Å². The second kappa shape index (κ2) is 9.34. The van der Waals surface area contributed by atoms with Gasteiger partial charge in [0.2, 0.25) is 0 Å². The van der Waals surface area contributed by atoms with Crippen molar-refractivity contribution in [1.82, 2.24) is 19.5 Å². The van der Waals surface area contributed by atoms with E-state index in [0.29, 0.717) is 11.5 Å². The molecule has 3 N–H and O–H groups in total. The molecule has 3 aromatic rings. The van der Waals surface area contributed by atoms with Crippen molar-refractivity contribution in [2.24, 2.45) is 0 Å². The first-order valence-corrected chi connectivity index (χ1v) is 10.2. The van der Waals surface area contributed by atoms with E-state index in [4.69, 9.17) is 10.5 Å². The molecule has 9 nitrogen and oxygen atoms in total. The van der Waals surface area contributed by atoms with E-state index in [9.17, 15) is 0 Å². The molecule has 0 radical (unpaired) electrons. The minimum Gasteiger partial charge on any atom is -0.497 e. The van der Waals surface area contributed by atoms with Crippen LogP contribution < -0.4 is 25.6 Å². The number of nitrogens with zero attached hydrogens (tertiary/aromatic N) is 6. The normalized spacial score (nSPS) is 14.0. The molecule has 0 unspecified atom stereocenters. The van der Waals surface area contributed by atoms with E-state index < -0.39 is 0 Å². The summed E-state index contributed by atoms with van der Waals surface area (Å²) in [5, 5.41) is 3.34. The predicted octanol–water partition coefficient (Wildman–Crippen LogP) is 2.09. The molecule has 0 atom stereocenters. The number of rotatable bonds is 8. The van der Waals surface area contributed by atoms with Gasteiger partial charge in [0.1, 0.15) is 17.8 Å². The van der Waals surface area contributed by atoms with Crippen LogP contribution >= 0.6 is 0 Å². The fourth-order valence-electron chi connectivity index (χ4n) is 3.64. The first-order valence-electron chi connectivity index (χ1n) is 10.2. The molecule has 4 rings (SSSR count). The molecule has 1 aliphatic heterocycles. The molecule has 1 aliphatic rings. The Hall–Kier alpha value is -3.49. The maximum absolute atomic E-state index is 6.40. The maximum atomic E-state index is 6.40. The summed E-state index contributed by atoms with van der Waals surface area (Å²) in [7, 11) is 1.68. The van der Waals surface area contributed by atoms with Crippen LogP contribution in [-0.2, 0) is 6.54 Å². The van der Waals surface area contributed by atoms with Gasteiger partial charge >= 0.3 is 0 Å². The summed E-state index contributed by atoms with van der Waals surface area (Å²) >= 11 is 0. The van der Waals surface area contributed by atoms with Crippen LogP contribution in [0.25, 0.3) is 0 Å². The number of nitrogens with two attached hydrogens (primary N) is 1. The van der Waals surface area contributed by atoms with E-state index in [0.717, 1.165) is 57.3 Å². The molecule has 0 aliphatic carbocycles. The van der Waals surface area contributed by atoms with Gasteiger partial charge in [-0.2, -0.15) is 0 Å². The smallest absolute Gasteiger partial charge is 0.157 e. The largest absolute Gasteiger partial charge is 0.497 e. The molecular formula is C21H28N8O. The number of ether oxygens (including phenoxy) is 1. The molecule has 0 bridgehead atoms. The second-order valence-corrected chi connectivity index (χ2v) is 7.21. The van der Waals surface area contributed by atoms with Gasteiger partial charge in [-0.05, 0) is 30.7 Å². The maximum Gasteiger partial charge on any atom is 0.157 e. The Morgan fingerprint density at radius 1 is 1.07 bits per heavy atom. The van der Waals surface area contributed by atoms with Crippen LogP contribution in [0.4, 0.5) is 23.0 Å². The Kier molecular flexibility index (Phi) is 6.17. The summed E-state index contributed by atoms with van der Waals surface area (Å²) < 4.78 is 7.30. The van der Waals surface area contributed by atoms with Gasteiger partial charge < -0.3 is 30.2 Å². The standard InChI is InChI=1S/C21H28N8O/c1-30-18-5-3-17(4-6-18)28-11-13-29(14-12-28)21-19(22)20(25-15-26-21)24-7-2-9-27-10-8-23-16-27/h3-6,8,10,15-16H,2,7,9,11-14,22H2,1H3,(H,24,25,26). The lowest BCUT2D eigenvalue weighted by Gasteiger charge is -2.37. The number of nitrogen functional groups attached to an aromatic ring is 1. The number of imidazole rings is 1. The lowest BCUT2D eigenvalue weighted by Crippen LogP contribution is -2.47. The number of piperazine rings is 1. The van der Waals surface area contributed by atoms with Crippen LogP contribution in [0.5, 0.6) is 5.75 Å². The van der Waals surface area contributed by atoms with Crippen molar-refractivity contribution < 1.29 is 4.74 Å². The van der Waals surface area contributed by atoms with Crippen LogP contribution in [0.3, 0.4) is 0 Å². The van der Waals surface area contributed by atoms with Crippen molar-refractivity contribution in [2.75, 3.05) is 60.7 Å². The van der Waals surface area contributed by atoms with E-state index >= 15 is 0 Å². The lowest BCUT2D eigenvalue weighted by atomic mass is 10.2. The molecule has 0 saturated carbocycles. The second-order valence-electron chi connectivity index (χ2n) is 7.21. The number of hydrogen-bond donors (Lipinski definition) is 2. The molecular weight excluding hydrogens is 380 g/mol. The average Bonchev–Trinajstić information content (AvgIpc) is 3.32. The van der Waals surface area contributed by atoms with E-state index in [-0.39, 0.29) is 0 Å². The number of anilines is 4. The third-order valence-electron chi connectivity index (χ3n) is 5.32. The number of nitrogens with one attached hydrogen (secondary N) is 1. The van der Waals surface area contributed by atoms with E-state index in [1.807, 2.05) is 24.7 Å². The molecule has 0 amide bonds. The van der Waals surface area contributed by atoms with Gasteiger partial charge in [-0.15, -0.1) is 0 Å². The SMILES string of the molecule is COc1ccc(N2CCN(c3ncnc(NCCCn4ccnc4)c3N)CC2)cc1. The van der Waals surface area contributed by atoms with Crippen molar-refractivity contribution in [3.8, 4) is 5.75 Å². The molecule has 2 aromatic heterocycles. The highest BCUT2D eigenvalue weighted by Crippen LogP contribution is 2.28. The number of aromatic nitrogens is 4. The zero-order valence-corrected chi connectivity index (χ0v) is 17.2. The quantitative estimate of drug-likeness (QED) is 0.547. The van der Waals surface area contributed by atoms with Crippen LogP contribution in [0, 0.1) is 0 Å². The van der Waals surface area contributed by atoms with Gasteiger partial charge in [0.05, 0.1) is 13.4 Å². The molecule has 1 fully saturated rings. The third-order valence-corrected chi connectivity index (χ3v) is 5.32. The fourth-order valence-corrected chi connectivity index (χ4v) is 3.64. The zero-order valence-electron chi connectivity index (χ0n) is 17.2. The van der Waals surface area contributed by atoms with Crippen molar-refractivity contribution in [2.45, 2.75) is 13.0 Å². The summed E-state index contributed by atoms with van der Waals surface area (Å²) in [6.07, 6.45) is 8.11. The first-order chi connectivity index (χ1) is 14.7. The molecule has 1 aromatic carbocycles. The average molecular weight is 409 g/mol. The van der Waals surface area contributed by atoms with Crippen molar-refractivity contribution in [1.29, 1.82) is 0 Å². The van der Waals surface area contributed by atoms with Gasteiger partial charge in [-0.25, -0.2) is 15.0 Å². The predicted molar refractivity (Wildman–Crippen MR) is 119 cm³/mol. The molecule has 9 heteroatoms. The van der Waals surface area contributed by atoms with E-state index in [1.165, 1.54) is 5.69 Å². The van der Waals surface area contributed by atoms with Gasteiger partial charge in [0.15, 0.2) is 11.6 Å².